The summed E-state index contributed by atoms with van der Waals surface area (Å²) >= 11 is 0. The summed E-state index contributed by atoms with van der Waals surface area (Å²) in [5.41, 5.74) is 0. The highest BCUT2D eigenvalue weighted by Crippen LogP contribution is 2.06. The molecule has 0 amide bonds. The average Bonchev–Trinajstić information content (AvgIpc) is 2.37. The molecule has 0 aromatic heterocycles. The lowest BCUT2D eigenvalue weighted by atomic mass is 10.3. The first-order valence-electron chi connectivity index (χ1n) is 3.88. The minimum Gasteiger partial charge on any atom is -0.392 e. The van der Waals surface area contributed by atoms with Crippen LogP contribution in [0.5, 0.6) is 0 Å². The van der Waals surface area contributed by atoms with Gasteiger partial charge < -0.3 is 10.4 Å². The molecule has 62 valence electrons. The highest BCUT2D eigenvalue weighted by atomic mass is 16.3. The van der Waals surface area contributed by atoms with Gasteiger partial charge in [0.2, 0.25) is 0 Å². The lowest BCUT2D eigenvalue weighted by Gasteiger charge is -2.08. The Morgan fingerprint density at radius 2 is 2.55 bits per heavy atom. The molecule has 0 saturated carbocycles. The molecule has 3 heteroatoms. The zero-order valence-electron chi connectivity index (χ0n) is 6.80. The van der Waals surface area contributed by atoms with E-state index < -0.39 is 0 Å². The summed E-state index contributed by atoms with van der Waals surface area (Å²) in [7, 11) is 1.80. The molecule has 0 aromatic carbocycles. The van der Waals surface area contributed by atoms with Crippen molar-refractivity contribution in [3.05, 3.63) is 0 Å². The number of aliphatic hydroxyl groups is 1. The molecule has 1 heterocycles. The van der Waals surface area contributed by atoms with Gasteiger partial charge in [-0.2, -0.15) is 0 Å². The second-order valence-corrected chi connectivity index (χ2v) is 2.73. The maximum atomic E-state index is 9.15. The predicted octanol–water partition coefficient (Wildman–Crippen LogP) is -0.767. The second-order valence-electron chi connectivity index (χ2n) is 2.73. The van der Waals surface area contributed by atoms with Crippen LogP contribution >= 0.6 is 0 Å². The molecule has 1 aliphatic heterocycles. The van der Waals surface area contributed by atoms with Gasteiger partial charge in [0.25, 0.3) is 0 Å². The van der Waals surface area contributed by atoms with Crippen LogP contribution in [0.15, 0.2) is 0 Å². The van der Waals surface area contributed by atoms with E-state index in [1.165, 1.54) is 0 Å². The van der Waals surface area contributed by atoms with Gasteiger partial charge in [-0.05, 0) is 6.42 Å². The van der Waals surface area contributed by atoms with Gasteiger partial charge in [0.1, 0.15) is 0 Å². The summed E-state index contributed by atoms with van der Waals surface area (Å²) in [5, 5.41) is 11.9. The number of nitrogens with one attached hydrogen (secondary N) is 1. The fraction of sp³-hybridized carbons (Fsp3) is 0.750. The quantitative estimate of drug-likeness (QED) is 0.385. The summed E-state index contributed by atoms with van der Waals surface area (Å²) < 4.78 is 0. The van der Waals surface area contributed by atoms with E-state index in [0.29, 0.717) is 0 Å². The molecule has 1 saturated heterocycles. The molecule has 0 aromatic rings. The van der Waals surface area contributed by atoms with Crippen LogP contribution in [-0.4, -0.2) is 42.8 Å². The Morgan fingerprint density at radius 1 is 1.73 bits per heavy atom. The molecule has 1 aliphatic rings. The zero-order valence-corrected chi connectivity index (χ0v) is 6.80. The van der Waals surface area contributed by atoms with Crippen LogP contribution in [0.4, 0.5) is 0 Å². The zero-order chi connectivity index (χ0) is 8.10. The van der Waals surface area contributed by atoms with Crippen LogP contribution in [0.3, 0.4) is 0 Å². The Kier molecular flexibility index (Phi) is 3.21. The number of rotatable bonds is 1. The Balaban J connectivity index is 2.18. The standard InChI is InChI=1S/C8H14N2O/c1-9-4-2-5-10-6-3-8(11)7-10/h8-9,11H,3,5-7H2,1H3. The Bertz CT molecular complexity index is 171. The molecule has 11 heavy (non-hydrogen) atoms. The van der Waals surface area contributed by atoms with Crippen LogP contribution in [0.2, 0.25) is 0 Å². The van der Waals surface area contributed by atoms with Gasteiger partial charge in [-0.25, -0.2) is 0 Å². The molecule has 0 bridgehead atoms. The second kappa shape index (κ2) is 4.22. The maximum absolute atomic E-state index is 9.15. The molecule has 2 N–H and O–H groups in total. The molecule has 1 rings (SSSR count). The lowest BCUT2D eigenvalue weighted by Crippen LogP contribution is -2.22. The molecular weight excluding hydrogens is 140 g/mol. The van der Waals surface area contributed by atoms with E-state index in [1.807, 2.05) is 0 Å². The molecule has 0 spiro atoms. The van der Waals surface area contributed by atoms with Crippen LogP contribution in [0.1, 0.15) is 6.42 Å². The number of hydrogen-bond acceptors (Lipinski definition) is 3. The van der Waals surface area contributed by atoms with Crippen molar-refractivity contribution < 1.29 is 5.11 Å². The molecule has 1 fully saturated rings. The molecule has 0 aliphatic carbocycles. The summed E-state index contributed by atoms with van der Waals surface area (Å²) in [4.78, 5) is 2.15. The Hall–Kier alpha value is -0.720. The van der Waals surface area contributed by atoms with Crippen molar-refractivity contribution in [1.82, 2.24) is 10.2 Å². The van der Waals surface area contributed by atoms with Gasteiger partial charge in [-0.3, -0.25) is 4.90 Å². The third-order valence-corrected chi connectivity index (χ3v) is 1.76. The van der Waals surface area contributed by atoms with Crippen molar-refractivity contribution >= 4 is 0 Å². The third kappa shape index (κ3) is 2.79. The SMILES string of the molecule is CNC#CCN1CCC(O)C1. The monoisotopic (exact) mass is 154 g/mol. The Morgan fingerprint density at radius 3 is 3.09 bits per heavy atom. The van der Waals surface area contributed by atoms with Crippen molar-refractivity contribution in [1.29, 1.82) is 0 Å². The first kappa shape index (κ1) is 8.38. The Labute approximate surface area is 67.4 Å². The molecule has 0 radical (unpaired) electrons. The van der Waals surface area contributed by atoms with E-state index >= 15 is 0 Å². The van der Waals surface area contributed by atoms with Gasteiger partial charge in [0.15, 0.2) is 0 Å². The van der Waals surface area contributed by atoms with Gasteiger partial charge in [-0.1, -0.05) is 5.92 Å². The summed E-state index contributed by atoms with van der Waals surface area (Å²) in [6.07, 6.45) is 0.757. The highest BCUT2D eigenvalue weighted by Gasteiger charge is 2.18. The fourth-order valence-electron chi connectivity index (χ4n) is 1.20. The van der Waals surface area contributed by atoms with Gasteiger partial charge in [0, 0.05) is 26.2 Å². The average molecular weight is 154 g/mol. The predicted molar refractivity (Wildman–Crippen MR) is 43.9 cm³/mol. The first-order valence-corrected chi connectivity index (χ1v) is 3.88. The van der Waals surface area contributed by atoms with Crippen LogP contribution in [0.25, 0.3) is 0 Å². The van der Waals surface area contributed by atoms with Gasteiger partial charge >= 0.3 is 0 Å². The van der Waals surface area contributed by atoms with Gasteiger partial charge in [0.05, 0.1) is 12.6 Å². The van der Waals surface area contributed by atoms with E-state index in [9.17, 15) is 0 Å². The highest BCUT2D eigenvalue weighted by molar-refractivity contribution is 4.99. The largest absolute Gasteiger partial charge is 0.392 e. The smallest absolute Gasteiger partial charge is 0.0679 e. The summed E-state index contributed by atoms with van der Waals surface area (Å²) in [5.74, 6) is 2.95. The van der Waals surface area contributed by atoms with E-state index in [4.69, 9.17) is 5.11 Å². The van der Waals surface area contributed by atoms with Crippen LogP contribution < -0.4 is 5.32 Å². The minimum atomic E-state index is -0.133. The summed E-state index contributed by atoms with van der Waals surface area (Å²) in [6, 6.07) is 2.77. The van der Waals surface area contributed by atoms with E-state index in [1.54, 1.807) is 7.05 Å². The van der Waals surface area contributed by atoms with Crippen molar-refractivity contribution in [2.24, 2.45) is 0 Å². The molecule has 1 atom stereocenters. The van der Waals surface area contributed by atoms with Crippen molar-refractivity contribution in [3.8, 4) is 12.0 Å². The fourth-order valence-corrected chi connectivity index (χ4v) is 1.20. The number of likely N-dealkylation sites (tertiary alicyclic amines) is 1. The first-order chi connectivity index (χ1) is 5.33. The lowest BCUT2D eigenvalue weighted by molar-refractivity contribution is 0.180. The molecular formula is C8H14N2O. The topological polar surface area (TPSA) is 35.5 Å². The number of β-amino-alcohol motifs (C(OH)–C–C–N with tert-alkyl or cyclic N) is 1. The number of nitrogens with zero attached hydrogens (tertiary/aromatic N) is 1. The molecule has 3 nitrogen and oxygen atoms in total. The van der Waals surface area contributed by atoms with Crippen molar-refractivity contribution in [3.63, 3.8) is 0 Å². The molecule has 1 unspecified atom stereocenters. The third-order valence-electron chi connectivity index (χ3n) is 1.76. The maximum Gasteiger partial charge on any atom is 0.0679 e. The van der Waals surface area contributed by atoms with E-state index in [-0.39, 0.29) is 6.10 Å². The van der Waals surface area contributed by atoms with Crippen LogP contribution in [0, 0.1) is 12.0 Å². The van der Waals surface area contributed by atoms with Gasteiger partial charge in [-0.15, -0.1) is 0 Å². The normalized spacial score (nSPS) is 24.4. The minimum absolute atomic E-state index is 0.133. The summed E-state index contributed by atoms with van der Waals surface area (Å²) in [6.45, 7) is 2.51. The van der Waals surface area contributed by atoms with Crippen molar-refractivity contribution in [2.75, 3.05) is 26.7 Å². The number of aliphatic hydroxyl groups excluding tert-OH is 1. The number of hydrogen-bond donors (Lipinski definition) is 2. The van der Waals surface area contributed by atoms with E-state index in [2.05, 4.69) is 22.2 Å². The van der Waals surface area contributed by atoms with Crippen molar-refractivity contribution in [2.45, 2.75) is 12.5 Å². The van der Waals surface area contributed by atoms with E-state index in [0.717, 1.165) is 26.1 Å². The van der Waals surface area contributed by atoms with Crippen LogP contribution in [-0.2, 0) is 0 Å².